The monoisotopic (exact) mass is 497 g/mol. The molecule has 2 aliphatic heterocycles. The average Bonchev–Trinajstić information content (AvgIpc) is 3.55. The third-order valence-electron chi connectivity index (χ3n) is 6.14. The second kappa shape index (κ2) is 10.6. The summed E-state index contributed by atoms with van der Waals surface area (Å²) in [5.74, 6) is 1.13. The molecule has 4 atom stereocenters. The maximum Gasteiger partial charge on any atom is 0.190 e. The number of ether oxygens (including phenoxy) is 7. The molecule has 2 saturated heterocycles. The summed E-state index contributed by atoms with van der Waals surface area (Å²) in [6.45, 7) is 4.69. The van der Waals surface area contributed by atoms with Gasteiger partial charge in [-0.1, -0.05) is 35.5 Å². The summed E-state index contributed by atoms with van der Waals surface area (Å²) in [7, 11) is 3.19. The molecule has 3 heterocycles. The molecule has 0 aliphatic carbocycles. The molecule has 2 aromatic carbocycles. The van der Waals surface area contributed by atoms with E-state index in [-0.39, 0.29) is 31.5 Å². The highest BCUT2D eigenvalue weighted by molar-refractivity contribution is 5.63. The van der Waals surface area contributed by atoms with Crippen LogP contribution in [-0.4, -0.2) is 56.4 Å². The molecule has 36 heavy (non-hydrogen) atoms. The molecule has 0 bridgehead atoms. The molecule has 5 rings (SSSR count). The van der Waals surface area contributed by atoms with Crippen molar-refractivity contribution in [3.63, 3.8) is 0 Å². The Labute approximate surface area is 210 Å². The van der Waals surface area contributed by atoms with Crippen LogP contribution < -0.4 is 9.47 Å². The van der Waals surface area contributed by atoms with Gasteiger partial charge in [-0.3, -0.25) is 0 Å². The van der Waals surface area contributed by atoms with Gasteiger partial charge in [-0.15, -0.1) is 0 Å². The molecule has 0 amide bonds. The fourth-order valence-corrected chi connectivity index (χ4v) is 4.44. The Bertz CT molecular complexity index is 1150. The van der Waals surface area contributed by atoms with Gasteiger partial charge in [-0.25, -0.2) is 0 Å². The smallest absolute Gasteiger partial charge is 0.190 e. The van der Waals surface area contributed by atoms with Crippen LogP contribution in [0.4, 0.5) is 0 Å². The van der Waals surface area contributed by atoms with Gasteiger partial charge in [-0.2, -0.15) is 0 Å². The highest BCUT2D eigenvalue weighted by atomic mass is 16.8. The zero-order chi connectivity index (χ0) is 25.1. The maximum atomic E-state index is 6.25. The number of hydrogen-bond donors (Lipinski definition) is 0. The Morgan fingerprint density at radius 2 is 1.72 bits per heavy atom. The predicted octanol–water partition coefficient (Wildman–Crippen LogP) is 4.34. The summed E-state index contributed by atoms with van der Waals surface area (Å²) < 4.78 is 46.4. The van der Waals surface area contributed by atoms with E-state index in [0.29, 0.717) is 29.6 Å². The summed E-state index contributed by atoms with van der Waals surface area (Å²) in [6.07, 6.45) is -1.53. The summed E-state index contributed by atoms with van der Waals surface area (Å²) in [4.78, 5) is 0. The Hall–Kier alpha value is -2.95. The predicted molar refractivity (Wildman–Crippen MR) is 128 cm³/mol. The van der Waals surface area contributed by atoms with Crippen LogP contribution in [0.25, 0.3) is 11.3 Å². The highest BCUT2D eigenvalue weighted by Gasteiger charge is 2.55. The SMILES string of the molecule is COc1ccc(-c2cc(COC[C@H]3O[C@@H]4OC(C)(C)O[C@@H]4[C@H]3OCc3ccccc3)on2)cc1OC. The first-order chi connectivity index (χ1) is 17.5. The summed E-state index contributed by atoms with van der Waals surface area (Å²) in [5, 5.41) is 4.16. The van der Waals surface area contributed by atoms with Gasteiger partial charge in [0.25, 0.3) is 0 Å². The van der Waals surface area contributed by atoms with Crippen molar-refractivity contribution in [1.29, 1.82) is 0 Å². The summed E-state index contributed by atoms with van der Waals surface area (Å²) in [5.41, 5.74) is 2.60. The van der Waals surface area contributed by atoms with Gasteiger partial charge < -0.3 is 37.7 Å². The van der Waals surface area contributed by atoms with Crippen LogP contribution in [0, 0.1) is 0 Å². The van der Waals surface area contributed by atoms with E-state index >= 15 is 0 Å². The zero-order valence-electron chi connectivity index (χ0n) is 20.8. The quantitative estimate of drug-likeness (QED) is 0.406. The van der Waals surface area contributed by atoms with E-state index in [0.717, 1.165) is 11.1 Å². The molecular formula is C27H31NO8. The second-order valence-electron chi connectivity index (χ2n) is 9.17. The van der Waals surface area contributed by atoms with E-state index in [4.69, 9.17) is 37.7 Å². The fourth-order valence-electron chi connectivity index (χ4n) is 4.44. The van der Waals surface area contributed by atoms with Crippen LogP contribution in [-0.2, 0) is 36.9 Å². The van der Waals surface area contributed by atoms with Gasteiger partial charge in [0.15, 0.2) is 29.3 Å². The molecule has 0 spiro atoms. The number of aromatic nitrogens is 1. The second-order valence-corrected chi connectivity index (χ2v) is 9.17. The molecule has 9 heteroatoms. The van der Waals surface area contributed by atoms with E-state index in [2.05, 4.69) is 5.16 Å². The lowest BCUT2D eigenvalue weighted by molar-refractivity contribution is -0.225. The first-order valence-corrected chi connectivity index (χ1v) is 11.9. The van der Waals surface area contributed by atoms with Crippen LogP contribution in [0.1, 0.15) is 25.2 Å². The van der Waals surface area contributed by atoms with Crippen molar-refractivity contribution in [3.8, 4) is 22.8 Å². The molecule has 2 aliphatic rings. The van der Waals surface area contributed by atoms with Crippen molar-refractivity contribution in [2.24, 2.45) is 0 Å². The lowest BCUT2D eigenvalue weighted by atomic mass is 10.1. The number of methoxy groups -OCH3 is 2. The highest BCUT2D eigenvalue weighted by Crippen LogP contribution is 2.39. The Kier molecular flexibility index (Phi) is 7.27. The van der Waals surface area contributed by atoms with Gasteiger partial charge in [-0.05, 0) is 37.6 Å². The molecular weight excluding hydrogens is 466 g/mol. The Morgan fingerprint density at radius 1 is 0.917 bits per heavy atom. The number of hydrogen-bond acceptors (Lipinski definition) is 9. The van der Waals surface area contributed by atoms with Gasteiger partial charge in [0.05, 0.1) is 27.4 Å². The molecule has 3 aromatic rings. The molecule has 2 fully saturated rings. The van der Waals surface area contributed by atoms with Crippen LogP contribution in [0.3, 0.4) is 0 Å². The normalized spacial score (nSPS) is 24.6. The number of benzene rings is 2. The molecule has 0 unspecified atom stereocenters. The lowest BCUT2D eigenvalue weighted by Crippen LogP contribution is -2.38. The summed E-state index contributed by atoms with van der Waals surface area (Å²) >= 11 is 0. The van der Waals surface area contributed by atoms with Crippen molar-refractivity contribution >= 4 is 0 Å². The lowest BCUT2D eigenvalue weighted by Gasteiger charge is -2.25. The molecule has 192 valence electrons. The zero-order valence-corrected chi connectivity index (χ0v) is 20.8. The third kappa shape index (κ3) is 5.40. The van der Waals surface area contributed by atoms with Crippen LogP contribution in [0.15, 0.2) is 59.1 Å². The van der Waals surface area contributed by atoms with E-state index in [1.54, 1.807) is 14.2 Å². The molecule has 0 N–H and O–H groups in total. The standard InChI is InChI=1S/C27H31NO8/c1-27(2)34-25-24(32-14-17-8-6-5-7-9-17)23(33-26(25)35-27)16-31-15-19-13-20(28-36-19)18-10-11-21(29-3)22(12-18)30-4/h5-13,23-26H,14-16H2,1-4H3/t23-,24+,25-,26-/m1/s1. The third-order valence-corrected chi connectivity index (χ3v) is 6.14. The topological polar surface area (TPSA) is 90.6 Å². The van der Waals surface area contributed by atoms with Crippen LogP contribution in [0.2, 0.25) is 0 Å². The van der Waals surface area contributed by atoms with Gasteiger partial charge in [0.1, 0.15) is 30.6 Å². The molecule has 0 saturated carbocycles. The van der Waals surface area contributed by atoms with E-state index in [9.17, 15) is 0 Å². The average molecular weight is 498 g/mol. The van der Waals surface area contributed by atoms with Crippen LogP contribution >= 0.6 is 0 Å². The van der Waals surface area contributed by atoms with Gasteiger partial charge in [0.2, 0.25) is 0 Å². The minimum atomic E-state index is -0.726. The minimum absolute atomic E-state index is 0.230. The van der Waals surface area contributed by atoms with Crippen molar-refractivity contribution in [2.75, 3.05) is 20.8 Å². The fraction of sp³-hybridized carbons (Fsp3) is 0.444. The van der Waals surface area contributed by atoms with Gasteiger partial charge in [0, 0.05) is 11.6 Å². The van der Waals surface area contributed by atoms with E-state index < -0.39 is 12.1 Å². The van der Waals surface area contributed by atoms with Crippen molar-refractivity contribution in [3.05, 3.63) is 65.9 Å². The first-order valence-electron chi connectivity index (χ1n) is 11.9. The van der Waals surface area contributed by atoms with E-state index in [1.807, 2.05) is 68.4 Å². The largest absolute Gasteiger partial charge is 0.493 e. The minimum Gasteiger partial charge on any atom is -0.493 e. The molecule has 0 radical (unpaired) electrons. The summed E-state index contributed by atoms with van der Waals surface area (Å²) in [6, 6.07) is 17.4. The van der Waals surface area contributed by atoms with Crippen molar-refractivity contribution in [2.45, 2.75) is 57.5 Å². The first kappa shape index (κ1) is 24.7. The van der Waals surface area contributed by atoms with Gasteiger partial charge >= 0.3 is 0 Å². The Balaban J connectivity index is 1.20. The van der Waals surface area contributed by atoms with Crippen LogP contribution in [0.5, 0.6) is 11.5 Å². The van der Waals surface area contributed by atoms with Crippen molar-refractivity contribution in [1.82, 2.24) is 5.16 Å². The van der Waals surface area contributed by atoms with Crippen molar-refractivity contribution < 1.29 is 37.7 Å². The maximum absolute atomic E-state index is 6.25. The molecule has 1 aromatic heterocycles. The number of nitrogens with zero attached hydrogens (tertiary/aromatic N) is 1. The molecule has 9 nitrogen and oxygen atoms in total. The number of fused-ring (bicyclic) bond motifs is 1. The van der Waals surface area contributed by atoms with E-state index in [1.165, 1.54) is 0 Å². The Morgan fingerprint density at radius 3 is 2.50 bits per heavy atom. The number of rotatable bonds is 10.